The number of aryl methyl sites for hydroxylation is 2. The Labute approximate surface area is 166 Å². The van der Waals surface area contributed by atoms with Crippen molar-refractivity contribution in [2.75, 3.05) is 0 Å². The van der Waals surface area contributed by atoms with Crippen LogP contribution in [0.25, 0.3) is 22.4 Å². The normalized spacial score (nSPS) is 16.7. The van der Waals surface area contributed by atoms with Gasteiger partial charge in [-0.1, -0.05) is 74.6 Å². The molecule has 0 unspecified atom stereocenters. The first-order valence-electron chi connectivity index (χ1n) is 11.1. The lowest BCUT2D eigenvalue weighted by Crippen LogP contribution is -2.30. The van der Waals surface area contributed by atoms with Crippen LogP contribution in [0.15, 0.2) is 66.9 Å². The molecule has 1 nitrogen and oxygen atoms in total. The largest absolute Gasteiger partial charge is 0.212 e. The molecule has 1 heterocycles. The summed E-state index contributed by atoms with van der Waals surface area (Å²) in [6, 6.07) is 20.9. The SMILES string of the molecule is [2H]C([2H])(c1ccc(-c2ccc(-c3ccccc3C)[n+](C)c2)cc1)C1CCCCC1. The molecule has 0 N–H and O–H groups in total. The molecule has 1 saturated carbocycles. The van der Waals surface area contributed by atoms with Crippen LogP contribution < -0.4 is 4.57 Å². The van der Waals surface area contributed by atoms with Crippen LogP contribution in [-0.4, -0.2) is 0 Å². The Balaban J connectivity index is 1.59. The van der Waals surface area contributed by atoms with Crippen LogP contribution >= 0.6 is 0 Å². The number of aromatic nitrogens is 1. The highest BCUT2D eigenvalue weighted by Gasteiger charge is 2.15. The number of benzene rings is 2. The Morgan fingerprint density at radius 3 is 2.30 bits per heavy atom. The summed E-state index contributed by atoms with van der Waals surface area (Å²) in [7, 11) is 2.08. The third-order valence-electron chi connectivity index (χ3n) is 5.75. The topological polar surface area (TPSA) is 3.88 Å². The first kappa shape index (κ1) is 15.6. The molecular formula is C26H30N+. The van der Waals surface area contributed by atoms with Crippen LogP contribution in [0.2, 0.25) is 0 Å². The number of hydrogen-bond donors (Lipinski definition) is 0. The molecule has 27 heavy (non-hydrogen) atoms. The second-order valence-electron chi connectivity index (χ2n) is 7.79. The summed E-state index contributed by atoms with van der Waals surface area (Å²) in [5.74, 6) is 0.147. The van der Waals surface area contributed by atoms with E-state index in [1.165, 1.54) is 23.2 Å². The molecule has 1 aliphatic rings. The van der Waals surface area contributed by atoms with Gasteiger partial charge in [-0.25, -0.2) is 4.57 Å². The van der Waals surface area contributed by atoms with Crippen LogP contribution in [0.4, 0.5) is 0 Å². The maximum Gasteiger partial charge on any atom is 0.212 e. The van der Waals surface area contributed by atoms with Gasteiger partial charge < -0.3 is 0 Å². The van der Waals surface area contributed by atoms with Gasteiger partial charge in [-0.15, -0.1) is 0 Å². The van der Waals surface area contributed by atoms with Crippen molar-refractivity contribution >= 4 is 0 Å². The first-order chi connectivity index (χ1) is 14.0. The molecule has 0 aliphatic heterocycles. The van der Waals surface area contributed by atoms with Crippen molar-refractivity contribution in [2.24, 2.45) is 13.0 Å². The van der Waals surface area contributed by atoms with E-state index in [1.54, 1.807) is 0 Å². The molecule has 0 amide bonds. The van der Waals surface area contributed by atoms with Gasteiger partial charge in [0.2, 0.25) is 5.69 Å². The number of pyridine rings is 1. The Hall–Kier alpha value is -2.41. The first-order valence-corrected chi connectivity index (χ1v) is 10.1. The van der Waals surface area contributed by atoms with Crippen molar-refractivity contribution in [3.8, 4) is 22.4 Å². The molecular weight excluding hydrogens is 326 g/mol. The van der Waals surface area contributed by atoms with Gasteiger partial charge in [0.05, 0.1) is 0 Å². The predicted molar refractivity (Wildman–Crippen MR) is 114 cm³/mol. The average Bonchev–Trinajstić information content (AvgIpc) is 2.75. The molecule has 1 aliphatic carbocycles. The predicted octanol–water partition coefficient (Wildman–Crippen LogP) is 6.28. The minimum Gasteiger partial charge on any atom is -0.200 e. The zero-order chi connectivity index (χ0) is 20.4. The highest BCUT2D eigenvalue weighted by molar-refractivity contribution is 5.66. The van der Waals surface area contributed by atoms with Crippen molar-refractivity contribution in [3.05, 3.63) is 78.0 Å². The summed E-state index contributed by atoms with van der Waals surface area (Å²) in [4.78, 5) is 0. The van der Waals surface area contributed by atoms with E-state index in [4.69, 9.17) is 2.74 Å². The van der Waals surface area contributed by atoms with Crippen LogP contribution in [-0.2, 0) is 13.4 Å². The number of rotatable bonds is 4. The van der Waals surface area contributed by atoms with Crippen molar-refractivity contribution in [2.45, 2.75) is 45.4 Å². The molecule has 3 aromatic rings. The molecule has 0 spiro atoms. The Morgan fingerprint density at radius 1 is 0.889 bits per heavy atom. The van der Waals surface area contributed by atoms with Crippen molar-refractivity contribution < 1.29 is 7.31 Å². The van der Waals surface area contributed by atoms with Gasteiger partial charge in [0.15, 0.2) is 6.20 Å². The molecule has 0 atom stereocenters. The van der Waals surface area contributed by atoms with E-state index in [1.807, 2.05) is 12.1 Å². The summed E-state index contributed by atoms with van der Waals surface area (Å²) in [5.41, 5.74) is 6.80. The van der Waals surface area contributed by atoms with Gasteiger partial charge >= 0.3 is 0 Å². The lowest BCUT2D eigenvalue weighted by Gasteiger charge is -2.21. The number of hydrogen-bond acceptors (Lipinski definition) is 0. The fraction of sp³-hybridized carbons (Fsp3) is 0.346. The van der Waals surface area contributed by atoms with Crippen LogP contribution in [0.1, 0.15) is 46.0 Å². The third-order valence-corrected chi connectivity index (χ3v) is 5.75. The van der Waals surface area contributed by atoms with Crippen LogP contribution in [0.5, 0.6) is 0 Å². The third kappa shape index (κ3) is 4.13. The monoisotopic (exact) mass is 358 g/mol. The highest BCUT2D eigenvalue weighted by atomic mass is 14.9. The van der Waals surface area contributed by atoms with E-state index in [0.717, 1.165) is 42.4 Å². The Bertz CT molecular complexity index is 986. The number of nitrogens with zero attached hydrogens (tertiary/aromatic N) is 1. The maximum absolute atomic E-state index is 8.68. The minimum absolute atomic E-state index is 0.147. The fourth-order valence-electron chi connectivity index (χ4n) is 4.16. The minimum atomic E-state index is -1.24. The van der Waals surface area contributed by atoms with Crippen molar-refractivity contribution in [1.82, 2.24) is 0 Å². The lowest BCUT2D eigenvalue weighted by atomic mass is 9.85. The molecule has 1 heteroatoms. The lowest BCUT2D eigenvalue weighted by molar-refractivity contribution is -0.659. The second-order valence-corrected chi connectivity index (χ2v) is 7.79. The summed E-state index contributed by atoms with van der Waals surface area (Å²) in [6.07, 6.45) is 6.50. The zero-order valence-corrected chi connectivity index (χ0v) is 16.4. The fourth-order valence-corrected chi connectivity index (χ4v) is 4.16. The van der Waals surface area contributed by atoms with Gasteiger partial charge in [-0.2, -0.15) is 0 Å². The standard InChI is InChI=1S/C26H30N/c1-20-8-6-7-11-25(20)26-17-16-24(19-27(26)2)23-14-12-22(13-15-23)18-21-9-4-3-5-10-21/h6-8,11-17,19,21H,3-5,9-10,18H2,1-2H3/q+1/i18D2. The van der Waals surface area contributed by atoms with Gasteiger partial charge in [0.25, 0.3) is 0 Å². The molecule has 0 bridgehead atoms. The summed E-state index contributed by atoms with van der Waals surface area (Å²) in [5, 5.41) is 0. The maximum atomic E-state index is 8.68. The van der Waals surface area contributed by atoms with Crippen molar-refractivity contribution in [3.63, 3.8) is 0 Å². The van der Waals surface area contributed by atoms with E-state index in [-0.39, 0.29) is 5.92 Å². The van der Waals surface area contributed by atoms with Crippen molar-refractivity contribution in [1.29, 1.82) is 0 Å². The average molecular weight is 359 g/mol. The van der Waals surface area contributed by atoms with Gasteiger partial charge in [0.1, 0.15) is 7.05 Å². The second kappa shape index (κ2) is 8.08. The van der Waals surface area contributed by atoms with Gasteiger partial charge in [0, 0.05) is 19.9 Å². The smallest absolute Gasteiger partial charge is 0.200 e. The molecule has 0 radical (unpaired) electrons. The van der Waals surface area contributed by atoms with Crippen LogP contribution in [0.3, 0.4) is 0 Å². The highest BCUT2D eigenvalue weighted by Crippen LogP contribution is 2.28. The molecule has 1 aromatic heterocycles. The molecule has 1 fully saturated rings. The summed E-state index contributed by atoms with van der Waals surface area (Å²) >= 11 is 0. The zero-order valence-electron chi connectivity index (χ0n) is 18.4. The van der Waals surface area contributed by atoms with Crippen LogP contribution in [0, 0.1) is 12.8 Å². The van der Waals surface area contributed by atoms with E-state index in [9.17, 15) is 0 Å². The molecule has 0 saturated heterocycles. The Kier molecular flexibility index (Phi) is 4.68. The summed E-state index contributed by atoms with van der Waals surface area (Å²) in [6.45, 7) is 2.14. The molecule has 4 rings (SSSR count). The van der Waals surface area contributed by atoms with Gasteiger partial charge in [-0.3, -0.25) is 0 Å². The van der Waals surface area contributed by atoms with E-state index >= 15 is 0 Å². The Morgan fingerprint density at radius 2 is 1.59 bits per heavy atom. The van der Waals surface area contributed by atoms with E-state index in [0.29, 0.717) is 0 Å². The molecule has 2 aromatic carbocycles. The summed E-state index contributed by atoms with van der Waals surface area (Å²) < 4.78 is 19.5. The van der Waals surface area contributed by atoms with Gasteiger partial charge in [-0.05, 0) is 48.0 Å². The quantitative estimate of drug-likeness (QED) is 0.483. The van der Waals surface area contributed by atoms with E-state index in [2.05, 4.69) is 73.3 Å². The molecule has 138 valence electrons. The van der Waals surface area contributed by atoms with E-state index < -0.39 is 6.37 Å².